The minimum Gasteiger partial charge on any atom is -0.381 e. The average Bonchev–Trinajstić information content (AvgIpc) is 2.67. The number of benzene rings is 1. The molecular weight excluding hydrogens is 287 g/mol. The second-order valence-electron chi connectivity index (χ2n) is 4.68. The molecule has 4 nitrogen and oxygen atoms in total. The van der Waals surface area contributed by atoms with Crippen LogP contribution in [0.15, 0.2) is 18.2 Å². The quantitative estimate of drug-likeness (QED) is 0.897. The first kappa shape index (κ1) is 14.5. The largest absolute Gasteiger partial charge is 0.381 e. The maximum absolute atomic E-state index is 13.5. The van der Waals surface area contributed by atoms with Gasteiger partial charge < -0.3 is 5.32 Å². The fourth-order valence-corrected chi connectivity index (χ4v) is 3.78. The van der Waals surface area contributed by atoms with E-state index in [4.69, 9.17) is 0 Å². The molecule has 1 aliphatic rings. The van der Waals surface area contributed by atoms with E-state index in [1.54, 1.807) is 6.07 Å². The molecule has 0 amide bonds. The highest BCUT2D eigenvalue weighted by Gasteiger charge is 2.23. The van der Waals surface area contributed by atoms with Crippen molar-refractivity contribution in [1.29, 1.82) is 0 Å². The van der Waals surface area contributed by atoms with Crippen molar-refractivity contribution >= 4 is 33.2 Å². The topological polar surface area (TPSA) is 58.2 Å². The van der Waals surface area contributed by atoms with Crippen molar-refractivity contribution in [3.05, 3.63) is 24.0 Å². The molecule has 0 spiro atoms. The van der Waals surface area contributed by atoms with Crippen molar-refractivity contribution < 1.29 is 12.8 Å². The van der Waals surface area contributed by atoms with Crippen molar-refractivity contribution in [3.63, 3.8) is 0 Å². The van der Waals surface area contributed by atoms with E-state index in [9.17, 15) is 12.8 Å². The van der Waals surface area contributed by atoms with Crippen LogP contribution in [-0.2, 0) is 10.0 Å². The standard InChI is InChI=1S/C12H17FN2O2S2/c1-8-11(5-6-18-8)14-9-3-4-10(13)12(7-9)15-19(2,16)17/h3-4,7-8,11,14-15H,5-6H2,1-2H3. The summed E-state index contributed by atoms with van der Waals surface area (Å²) >= 11 is 1.89. The molecule has 1 aromatic carbocycles. The molecule has 1 fully saturated rings. The number of hydrogen-bond donors (Lipinski definition) is 2. The van der Waals surface area contributed by atoms with Crippen LogP contribution in [-0.4, -0.2) is 31.7 Å². The third-order valence-electron chi connectivity index (χ3n) is 2.99. The highest BCUT2D eigenvalue weighted by molar-refractivity contribution is 8.00. The van der Waals surface area contributed by atoms with Crippen molar-refractivity contribution in [1.82, 2.24) is 0 Å². The summed E-state index contributed by atoms with van der Waals surface area (Å²) < 4.78 is 38.0. The van der Waals surface area contributed by atoms with Crippen LogP contribution in [0.25, 0.3) is 0 Å². The van der Waals surface area contributed by atoms with Crippen LogP contribution in [0.2, 0.25) is 0 Å². The lowest BCUT2D eigenvalue weighted by Gasteiger charge is -2.18. The summed E-state index contributed by atoms with van der Waals surface area (Å²) in [5.41, 5.74) is 0.706. The predicted molar refractivity (Wildman–Crippen MR) is 78.8 cm³/mol. The molecule has 19 heavy (non-hydrogen) atoms. The molecule has 2 atom stereocenters. The minimum atomic E-state index is -3.48. The van der Waals surface area contributed by atoms with Gasteiger partial charge in [-0.3, -0.25) is 4.72 Å². The summed E-state index contributed by atoms with van der Waals surface area (Å²) in [6.07, 6.45) is 2.06. The summed E-state index contributed by atoms with van der Waals surface area (Å²) in [6, 6.07) is 4.72. The van der Waals surface area contributed by atoms with Gasteiger partial charge in [-0.1, -0.05) is 6.92 Å². The maximum Gasteiger partial charge on any atom is 0.229 e. The van der Waals surface area contributed by atoms with Crippen LogP contribution in [0.5, 0.6) is 0 Å². The molecule has 2 rings (SSSR count). The van der Waals surface area contributed by atoms with Crippen molar-refractivity contribution in [3.8, 4) is 0 Å². The molecule has 0 aliphatic carbocycles. The predicted octanol–water partition coefficient (Wildman–Crippen LogP) is 2.50. The molecule has 1 heterocycles. The second kappa shape index (κ2) is 5.58. The highest BCUT2D eigenvalue weighted by Crippen LogP contribution is 2.30. The van der Waals surface area contributed by atoms with E-state index in [2.05, 4.69) is 17.0 Å². The van der Waals surface area contributed by atoms with E-state index in [-0.39, 0.29) is 5.69 Å². The normalized spacial score (nSPS) is 23.3. The zero-order valence-corrected chi connectivity index (χ0v) is 12.4. The Bertz CT molecular complexity index is 563. The maximum atomic E-state index is 13.5. The summed E-state index contributed by atoms with van der Waals surface area (Å²) in [5.74, 6) is 0.527. The van der Waals surface area contributed by atoms with Gasteiger partial charge in [0.15, 0.2) is 0 Å². The molecule has 7 heteroatoms. The summed E-state index contributed by atoms with van der Waals surface area (Å²) in [6.45, 7) is 2.15. The van der Waals surface area contributed by atoms with Crippen LogP contribution in [0.3, 0.4) is 0 Å². The molecule has 0 aromatic heterocycles. The lowest BCUT2D eigenvalue weighted by molar-refractivity contribution is 0.603. The molecule has 0 radical (unpaired) electrons. The number of anilines is 2. The first-order valence-electron chi connectivity index (χ1n) is 6.00. The third-order valence-corrected chi connectivity index (χ3v) is 4.91. The molecule has 0 bridgehead atoms. The van der Waals surface area contributed by atoms with Gasteiger partial charge in [-0.15, -0.1) is 0 Å². The van der Waals surface area contributed by atoms with Gasteiger partial charge >= 0.3 is 0 Å². The molecule has 2 N–H and O–H groups in total. The van der Waals surface area contributed by atoms with Crippen LogP contribution in [0, 0.1) is 5.82 Å². The number of thioether (sulfide) groups is 1. The summed E-state index contributed by atoms with van der Waals surface area (Å²) in [7, 11) is -3.48. The molecule has 0 saturated carbocycles. The summed E-state index contributed by atoms with van der Waals surface area (Å²) in [4.78, 5) is 0. The Labute approximate surface area is 117 Å². The molecule has 2 unspecified atom stereocenters. The van der Waals surface area contributed by atoms with Gasteiger partial charge in [0.05, 0.1) is 11.9 Å². The Morgan fingerprint density at radius 2 is 2.16 bits per heavy atom. The van der Waals surface area contributed by atoms with Crippen molar-refractivity contribution in [2.24, 2.45) is 0 Å². The van der Waals surface area contributed by atoms with Gasteiger partial charge in [0.2, 0.25) is 10.0 Å². The lowest BCUT2D eigenvalue weighted by Crippen LogP contribution is -2.24. The molecule has 1 saturated heterocycles. The van der Waals surface area contributed by atoms with Gasteiger partial charge in [0, 0.05) is 17.0 Å². The zero-order valence-electron chi connectivity index (χ0n) is 10.8. The summed E-state index contributed by atoms with van der Waals surface area (Å²) in [5, 5.41) is 3.82. The van der Waals surface area contributed by atoms with Gasteiger partial charge in [0.1, 0.15) is 5.82 Å². The Morgan fingerprint density at radius 1 is 1.42 bits per heavy atom. The van der Waals surface area contributed by atoms with Crippen molar-refractivity contribution in [2.45, 2.75) is 24.6 Å². The fraction of sp³-hybridized carbons (Fsp3) is 0.500. The van der Waals surface area contributed by atoms with Gasteiger partial charge in [0.25, 0.3) is 0 Å². The number of sulfonamides is 1. The smallest absolute Gasteiger partial charge is 0.229 e. The number of nitrogens with one attached hydrogen (secondary N) is 2. The second-order valence-corrected chi connectivity index (χ2v) is 7.92. The first-order chi connectivity index (χ1) is 8.85. The van der Waals surface area contributed by atoms with Crippen LogP contribution >= 0.6 is 11.8 Å². The SMILES string of the molecule is CC1SCCC1Nc1ccc(F)c(NS(C)(=O)=O)c1. The Balaban J connectivity index is 2.16. The number of rotatable bonds is 4. The van der Waals surface area contributed by atoms with Crippen molar-refractivity contribution in [2.75, 3.05) is 22.0 Å². The fourth-order valence-electron chi connectivity index (χ4n) is 2.03. The van der Waals surface area contributed by atoms with Crippen LogP contribution in [0.4, 0.5) is 15.8 Å². The van der Waals surface area contributed by atoms with E-state index in [1.165, 1.54) is 12.1 Å². The van der Waals surface area contributed by atoms with Gasteiger partial charge in [-0.25, -0.2) is 12.8 Å². The van der Waals surface area contributed by atoms with Gasteiger partial charge in [-0.2, -0.15) is 11.8 Å². The monoisotopic (exact) mass is 304 g/mol. The third kappa shape index (κ3) is 4.01. The molecule has 1 aliphatic heterocycles. The minimum absolute atomic E-state index is 0.0224. The average molecular weight is 304 g/mol. The van der Waals surface area contributed by atoms with Gasteiger partial charge in [-0.05, 0) is 30.4 Å². The Kier molecular flexibility index (Phi) is 4.25. The van der Waals surface area contributed by atoms with E-state index in [1.807, 2.05) is 11.8 Å². The highest BCUT2D eigenvalue weighted by atomic mass is 32.2. The zero-order chi connectivity index (χ0) is 14.0. The van der Waals surface area contributed by atoms with E-state index in [0.29, 0.717) is 11.3 Å². The molecule has 1 aromatic rings. The van der Waals surface area contributed by atoms with E-state index in [0.717, 1.165) is 24.1 Å². The molecule has 106 valence electrons. The number of hydrogen-bond acceptors (Lipinski definition) is 4. The molecular formula is C12H17FN2O2S2. The Hall–Kier alpha value is -0.950. The van der Waals surface area contributed by atoms with E-state index < -0.39 is 15.8 Å². The Morgan fingerprint density at radius 3 is 2.74 bits per heavy atom. The van der Waals surface area contributed by atoms with Crippen LogP contribution in [0.1, 0.15) is 13.3 Å². The number of halogens is 1. The van der Waals surface area contributed by atoms with E-state index >= 15 is 0 Å². The first-order valence-corrected chi connectivity index (χ1v) is 8.94. The van der Waals surface area contributed by atoms with Crippen LogP contribution < -0.4 is 10.0 Å². The lowest BCUT2D eigenvalue weighted by atomic mass is 10.1.